The predicted octanol–water partition coefficient (Wildman–Crippen LogP) is 5.71. The van der Waals surface area contributed by atoms with Gasteiger partial charge in [-0.05, 0) is 48.1 Å². The number of ether oxygens (including phenoxy) is 1. The number of carboxylic acid groups (broad SMARTS) is 1. The molecule has 0 aliphatic heterocycles. The van der Waals surface area contributed by atoms with Gasteiger partial charge in [-0.3, -0.25) is 9.59 Å². The Labute approximate surface area is 174 Å². The minimum atomic E-state index is -0.899. The molecular formula is C24H24O4S. The van der Waals surface area contributed by atoms with Crippen LogP contribution < -0.4 is 4.74 Å². The van der Waals surface area contributed by atoms with E-state index in [4.69, 9.17) is 4.74 Å². The van der Waals surface area contributed by atoms with Crippen LogP contribution in [0, 0.1) is 12.8 Å². The maximum absolute atomic E-state index is 13.4. The molecule has 4 nitrogen and oxygen atoms in total. The average molecular weight is 409 g/mol. The van der Waals surface area contributed by atoms with E-state index in [1.54, 1.807) is 36.5 Å². The normalized spacial score (nSPS) is 12.9. The third-order valence-electron chi connectivity index (χ3n) is 4.97. The summed E-state index contributed by atoms with van der Waals surface area (Å²) in [6, 6.07) is 18.8. The van der Waals surface area contributed by atoms with Gasteiger partial charge in [0, 0.05) is 16.4 Å². The van der Waals surface area contributed by atoms with Crippen LogP contribution in [0.3, 0.4) is 0 Å². The quantitative estimate of drug-likeness (QED) is 0.461. The van der Waals surface area contributed by atoms with Crippen LogP contribution in [0.1, 0.15) is 45.6 Å². The molecule has 0 aliphatic carbocycles. The van der Waals surface area contributed by atoms with Gasteiger partial charge in [-0.25, -0.2) is 0 Å². The number of benzene rings is 2. The molecule has 2 aromatic carbocycles. The van der Waals surface area contributed by atoms with E-state index in [1.165, 1.54) is 0 Å². The molecule has 0 spiro atoms. The van der Waals surface area contributed by atoms with Crippen molar-refractivity contribution in [1.82, 2.24) is 0 Å². The molecule has 2 atom stereocenters. The molecule has 0 amide bonds. The number of thiophene rings is 1. The van der Waals surface area contributed by atoms with Crippen LogP contribution >= 0.6 is 11.3 Å². The second kappa shape index (κ2) is 9.52. The van der Waals surface area contributed by atoms with Crippen molar-refractivity contribution in [2.75, 3.05) is 0 Å². The number of aliphatic carboxylic acids is 1. The van der Waals surface area contributed by atoms with Crippen molar-refractivity contribution in [3.8, 4) is 5.75 Å². The standard InChI is InChI=1S/C24H24O4S/c1-16-7-3-4-11-21(16)22(13-17(2)24(26)27)23(25)18-8-5-9-19(14-18)28-15-20-10-6-12-29-20/h3-12,14,17,22H,13,15H2,1-2H3,(H,26,27). The Morgan fingerprint density at radius 1 is 1.07 bits per heavy atom. The van der Waals surface area contributed by atoms with Gasteiger partial charge in [-0.1, -0.05) is 49.4 Å². The lowest BCUT2D eigenvalue weighted by atomic mass is 9.82. The van der Waals surface area contributed by atoms with Crippen molar-refractivity contribution in [3.63, 3.8) is 0 Å². The van der Waals surface area contributed by atoms with E-state index in [1.807, 2.05) is 54.8 Å². The molecule has 150 valence electrons. The fraction of sp³-hybridized carbons (Fsp3) is 0.250. The molecule has 1 aromatic heterocycles. The Bertz CT molecular complexity index is 978. The molecule has 3 aromatic rings. The fourth-order valence-corrected chi connectivity index (χ4v) is 3.91. The maximum Gasteiger partial charge on any atom is 0.306 e. The largest absolute Gasteiger partial charge is 0.488 e. The number of rotatable bonds is 9. The Hall–Kier alpha value is -2.92. The molecule has 0 saturated heterocycles. The number of carbonyl (C=O) groups excluding carboxylic acids is 1. The Morgan fingerprint density at radius 3 is 2.55 bits per heavy atom. The highest BCUT2D eigenvalue weighted by molar-refractivity contribution is 7.09. The summed E-state index contributed by atoms with van der Waals surface area (Å²) in [5.41, 5.74) is 2.38. The van der Waals surface area contributed by atoms with E-state index in [-0.39, 0.29) is 12.2 Å². The lowest BCUT2D eigenvalue weighted by Gasteiger charge is -2.21. The summed E-state index contributed by atoms with van der Waals surface area (Å²) in [5.74, 6) is -1.51. The van der Waals surface area contributed by atoms with Gasteiger partial charge in [0.15, 0.2) is 5.78 Å². The molecule has 0 saturated carbocycles. The third-order valence-corrected chi connectivity index (χ3v) is 5.82. The van der Waals surface area contributed by atoms with Crippen molar-refractivity contribution >= 4 is 23.1 Å². The van der Waals surface area contributed by atoms with E-state index >= 15 is 0 Å². The number of carbonyl (C=O) groups is 2. The number of aryl methyl sites for hydroxylation is 1. The maximum atomic E-state index is 13.4. The molecular weight excluding hydrogens is 384 g/mol. The first-order chi connectivity index (χ1) is 14.0. The summed E-state index contributed by atoms with van der Waals surface area (Å²) in [4.78, 5) is 25.9. The molecule has 29 heavy (non-hydrogen) atoms. The molecule has 5 heteroatoms. The molecule has 1 N–H and O–H groups in total. The van der Waals surface area contributed by atoms with Gasteiger partial charge in [-0.15, -0.1) is 11.3 Å². The van der Waals surface area contributed by atoms with E-state index in [0.717, 1.165) is 16.0 Å². The molecule has 0 bridgehead atoms. The van der Waals surface area contributed by atoms with Crippen LogP contribution in [0.4, 0.5) is 0 Å². The van der Waals surface area contributed by atoms with Crippen molar-refractivity contribution in [2.45, 2.75) is 32.8 Å². The van der Waals surface area contributed by atoms with E-state index in [9.17, 15) is 14.7 Å². The summed E-state index contributed by atoms with van der Waals surface area (Å²) in [6.45, 7) is 4.04. The number of hydrogen-bond acceptors (Lipinski definition) is 4. The molecule has 1 heterocycles. The fourth-order valence-electron chi connectivity index (χ4n) is 3.30. The predicted molar refractivity (Wildman–Crippen MR) is 115 cm³/mol. The van der Waals surface area contributed by atoms with E-state index < -0.39 is 17.8 Å². The van der Waals surface area contributed by atoms with Crippen LogP contribution in [0.25, 0.3) is 0 Å². The number of Topliss-reactive ketones (excluding diaryl/α,β-unsaturated/α-hetero) is 1. The first kappa shape index (κ1) is 20.8. The molecule has 0 fully saturated rings. The minimum absolute atomic E-state index is 0.0889. The van der Waals surface area contributed by atoms with Gasteiger partial charge in [0.2, 0.25) is 0 Å². The summed E-state index contributed by atoms with van der Waals surface area (Å²) >= 11 is 1.62. The average Bonchev–Trinajstić information content (AvgIpc) is 3.24. The molecule has 2 unspecified atom stereocenters. The Morgan fingerprint density at radius 2 is 1.86 bits per heavy atom. The highest BCUT2D eigenvalue weighted by Gasteiger charge is 2.28. The summed E-state index contributed by atoms with van der Waals surface area (Å²) in [7, 11) is 0. The van der Waals surface area contributed by atoms with Gasteiger partial charge in [-0.2, -0.15) is 0 Å². The third kappa shape index (κ3) is 5.33. The van der Waals surface area contributed by atoms with E-state index in [0.29, 0.717) is 17.9 Å². The van der Waals surface area contributed by atoms with Crippen molar-refractivity contribution < 1.29 is 19.4 Å². The first-order valence-electron chi connectivity index (χ1n) is 9.53. The lowest BCUT2D eigenvalue weighted by Crippen LogP contribution is -2.21. The topological polar surface area (TPSA) is 63.6 Å². The van der Waals surface area contributed by atoms with Gasteiger partial charge in [0.25, 0.3) is 0 Å². The van der Waals surface area contributed by atoms with Gasteiger partial charge >= 0.3 is 5.97 Å². The van der Waals surface area contributed by atoms with Crippen LogP contribution in [0.15, 0.2) is 66.0 Å². The molecule has 3 rings (SSSR count). The van der Waals surface area contributed by atoms with Crippen molar-refractivity contribution in [3.05, 3.63) is 87.6 Å². The molecule has 0 aliphatic rings. The van der Waals surface area contributed by atoms with Crippen LogP contribution in [-0.4, -0.2) is 16.9 Å². The van der Waals surface area contributed by atoms with Gasteiger partial charge in [0.05, 0.1) is 5.92 Å². The van der Waals surface area contributed by atoms with Crippen LogP contribution in [0.5, 0.6) is 5.75 Å². The zero-order valence-electron chi connectivity index (χ0n) is 16.5. The minimum Gasteiger partial charge on any atom is -0.488 e. The van der Waals surface area contributed by atoms with Crippen molar-refractivity contribution in [1.29, 1.82) is 0 Å². The zero-order chi connectivity index (χ0) is 20.8. The highest BCUT2D eigenvalue weighted by Crippen LogP contribution is 2.31. The summed E-state index contributed by atoms with van der Waals surface area (Å²) in [5, 5.41) is 11.4. The van der Waals surface area contributed by atoms with Crippen LogP contribution in [-0.2, 0) is 11.4 Å². The van der Waals surface area contributed by atoms with Crippen molar-refractivity contribution in [2.24, 2.45) is 5.92 Å². The Balaban J connectivity index is 1.86. The highest BCUT2D eigenvalue weighted by atomic mass is 32.1. The number of ketones is 1. The Kier molecular flexibility index (Phi) is 6.83. The lowest BCUT2D eigenvalue weighted by molar-refractivity contribution is -0.141. The monoisotopic (exact) mass is 408 g/mol. The summed E-state index contributed by atoms with van der Waals surface area (Å²) < 4.78 is 5.83. The molecule has 0 radical (unpaired) electrons. The number of hydrogen-bond donors (Lipinski definition) is 1. The van der Waals surface area contributed by atoms with Crippen LogP contribution in [0.2, 0.25) is 0 Å². The first-order valence-corrected chi connectivity index (χ1v) is 10.4. The summed E-state index contributed by atoms with van der Waals surface area (Å²) in [6.07, 6.45) is 0.249. The second-order valence-corrected chi connectivity index (χ2v) is 8.18. The van der Waals surface area contributed by atoms with Gasteiger partial charge in [0.1, 0.15) is 12.4 Å². The van der Waals surface area contributed by atoms with E-state index in [2.05, 4.69) is 0 Å². The van der Waals surface area contributed by atoms with Gasteiger partial charge < -0.3 is 9.84 Å². The SMILES string of the molecule is Cc1ccccc1C(CC(C)C(=O)O)C(=O)c1cccc(OCc2cccs2)c1. The smallest absolute Gasteiger partial charge is 0.306 e. The zero-order valence-corrected chi connectivity index (χ0v) is 17.3. The second-order valence-electron chi connectivity index (χ2n) is 7.14. The number of carboxylic acids is 1.